The van der Waals surface area contributed by atoms with Crippen molar-refractivity contribution in [3.05, 3.63) is 64.7 Å². The van der Waals surface area contributed by atoms with E-state index in [4.69, 9.17) is 16.3 Å². The van der Waals surface area contributed by atoms with Gasteiger partial charge in [-0.15, -0.1) is 0 Å². The summed E-state index contributed by atoms with van der Waals surface area (Å²) in [7, 11) is 1.55. The maximum absolute atomic E-state index is 12.1. The van der Waals surface area contributed by atoms with Crippen LogP contribution in [0.2, 0.25) is 5.02 Å². The number of ether oxygens (including phenoxy) is 1. The van der Waals surface area contributed by atoms with Crippen molar-refractivity contribution in [2.45, 2.75) is 26.2 Å². The molecule has 126 valence electrons. The Kier molecular flexibility index (Phi) is 5.68. The van der Waals surface area contributed by atoms with Crippen molar-refractivity contribution in [2.24, 2.45) is 0 Å². The number of hydrogen-bond acceptors (Lipinski definition) is 2. The summed E-state index contributed by atoms with van der Waals surface area (Å²) in [6.07, 6.45) is 3.27. The van der Waals surface area contributed by atoms with Crippen LogP contribution in [0, 0.1) is 0 Å². The molecular formula is C20H22ClNO2. The van der Waals surface area contributed by atoms with E-state index in [-0.39, 0.29) is 11.3 Å². The molecule has 24 heavy (non-hydrogen) atoms. The SMILES string of the molecule is COc1ccc(Cl)cc1NC(=O)C=Cc1ccc(C(C)(C)C)cc1. The van der Waals surface area contributed by atoms with E-state index in [0.717, 1.165) is 5.56 Å². The minimum absolute atomic E-state index is 0.114. The Morgan fingerprint density at radius 3 is 2.38 bits per heavy atom. The summed E-state index contributed by atoms with van der Waals surface area (Å²) in [6.45, 7) is 6.51. The third-order valence-corrected chi connectivity index (χ3v) is 3.86. The quantitative estimate of drug-likeness (QED) is 0.765. The number of carbonyl (C=O) groups excluding carboxylic acids is 1. The molecule has 0 fully saturated rings. The standard InChI is InChI=1S/C20H22ClNO2/c1-20(2,3)15-8-5-14(6-9-15)7-12-19(23)22-17-13-16(21)10-11-18(17)24-4/h5-13H,1-4H3,(H,22,23). The Morgan fingerprint density at radius 2 is 1.79 bits per heavy atom. The molecule has 0 saturated carbocycles. The summed E-state index contributed by atoms with van der Waals surface area (Å²) in [4.78, 5) is 12.1. The van der Waals surface area contributed by atoms with Crippen molar-refractivity contribution >= 4 is 29.3 Å². The highest BCUT2D eigenvalue weighted by molar-refractivity contribution is 6.31. The minimum atomic E-state index is -0.240. The van der Waals surface area contributed by atoms with Gasteiger partial charge in [0.1, 0.15) is 5.75 Å². The molecule has 0 aliphatic carbocycles. The van der Waals surface area contributed by atoms with Crippen LogP contribution in [0.15, 0.2) is 48.5 Å². The van der Waals surface area contributed by atoms with Crippen LogP contribution in [0.5, 0.6) is 5.75 Å². The summed E-state index contributed by atoms with van der Waals surface area (Å²) in [5.74, 6) is 0.325. The number of hydrogen-bond donors (Lipinski definition) is 1. The van der Waals surface area contributed by atoms with Crippen molar-refractivity contribution < 1.29 is 9.53 Å². The molecule has 0 atom stereocenters. The second-order valence-electron chi connectivity index (χ2n) is 6.54. The number of benzene rings is 2. The summed E-state index contributed by atoms with van der Waals surface area (Å²) in [5, 5.41) is 3.31. The Bertz CT molecular complexity index is 743. The second-order valence-corrected chi connectivity index (χ2v) is 6.98. The normalized spacial score (nSPS) is 11.5. The number of methoxy groups -OCH3 is 1. The van der Waals surface area contributed by atoms with Crippen LogP contribution in [0.1, 0.15) is 31.9 Å². The van der Waals surface area contributed by atoms with Gasteiger partial charge in [0.15, 0.2) is 0 Å². The molecule has 0 aromatic heterocycles. The predicted octanol–water partition coefficient (Wildman–Crippen LogP) is 5.30. The average molecular weight is 344 g/mol. The first-order chi connectivity index (χ1) is 11.3. The van der Waals surface area contributed by atoms with Gasteiger partial charge in [-0.3, -0.25) is 4.79 Å². The zero-order valence-corrected chi connectivity index (χ0v) is 15.1. The first kappa shape index (κ1) is 18.1. The lowest BCUT2D eigenvalue weighted by Crippen LogP contribution is -2.10. The first-order valence-electron chi connectivity index (χ1n) is 7.73. The number of anilines is 1. The van der Waals surface area contributed by atoms with Crippen LogP contribution >= 0.6 is 11.6 Å². The van der Waals surface area contributed by atoms with Gasteiger partial charge >= 0.3 is 0 Å². The van der Waals surface area contributed by atoms with E-state index in [1.165, 1.54) is 11.6 Å². The van der Waals surface area contributed by atoms with E-state index in [2.05, 4.69) is 38.2 Å². The number of carbonyl (C=O) groups is 1. The maximum Gasteiger partial charge on any atom is 0.248 e. The zero-order valence-electron chi connectivity index (χ0n) is 14.4. The second kappa shape index (κ2) is 7.54. The Morgan fingerprint density at radius 1 is 1.12 bits per heavy atom. The van der Waals surface area contributed by atoms with Crippen molar-refractivity contribution in [1.29, 1.82) is 0 Å². The molecule has 3 nitrogen and oxygen atoms in total. The monoisotopic (exact) mass is 343 g/mol. The molecule has 0 aliphatic heterocycles. The van der Waals surface area contributed by atoms with Crippen LogP contribution < -0.4 is 10.1 Å². The lowest BCUT2D eigenvalue weighted by molar-refractivity contribution is -0.111. The number of halogens is 1. The topological polar surface area (TPSA) is 38.3 Å². The van der Waals surface area contributed by atoms with E-state index >= 15 is 0 Å². The molecule has 1 N–H and O–H groups in total. The third kappa shape index (κ3) is 4.87. The average Bonchev–Trinajstić information content (AvgIpc) is 2.53. The van der Waals surface area contributed by atoms with E-state index in [1.54, 1.807) is 31.4 Å². The van der Waals surface area contributed by atoms with Crippen LogP contribution in [0.4, 0.5) is 5.69 Å². The zero-order chi connectivity index (χ0) is 17.7. The molecule has 0 bridgehead atoms. The molecule has 0 heterocycles. The molecule has 0 saturated heterocycles. The van der Waals surface area contributed by atoms with E-state index in [9.17, 15) is 4.79 Å². The fourth-order valence-electron chi connectivity index (χ4n) is 2.22. The molecule has 2 aromatic rings. The maximum atomic E-state index is 12.1. The van der Waals surface area contributed by atoms with Gasteiger partial charge in [0.05, 0.1) is 12.8 Å². The molecule has 0 radical (unpaired) electrons. The van der Waals surface area contributed by atoms with Gasteiger partial charge in [-0.05, 0) is 40.8 Å². The predicted molar refractivity (Wildman–Crippen MR) is 101 cm³/mol. The largest absolute Gasteiger partial charge is 0.495 e. The summed E-state index contributed by atoms with van der Waals surface area (Å²) >= 11 is 5.96. The molecule has 1 amide bonds. The Hall–Kier alpha value is -2.26. The van der Waals surface area contributed by atoms with Crippen molar-refractivity contribution in [3.8, 4) is 5.75 Å². The number of nitrogens with one attached hydrogen (secondary N) is 1. The van der Waals surface area contributed by atoms with Crippen LogP contribution in [0.3, 0.4) is 0 Å². The van der Waals surface area contributed by atoms with Crippen molar-refractivity contribution in [2.75, 3.05) is 12.4 Å². The number of rotatable bonds is 4. The van der Waals surface area contributed by atoms with Crippen molar-refractivity contribution in [1.82, 2.24) is 0 Å². The van der Waals surface area contributed by atoms with E-state index < -0.39 is 0 Å². The fraction of sp³-hybridized carbons (Fsp3) is 0.250. The van der Waals surface area contributed by atoms with Gasteiger partial charge in [0.2, 0.25) is 5.91 Å². The summed E-state index contributed by atoms with van der Waals surface area (Å²) in [5.41, 5.74) is 2.88. The fourth-order valence-corrected chi connectivity index (χ4v) is 2.39. The molecule has 4 heteroatoms. The summed E-state index contributed by atoms with van der Waals surface area (Å²) in [6, 6.07) is 13.3. The van der Waals surface area contributed by atoms with Crippen LogP contribution in [-0.4, -0.2) is 13.0 Å². The smallest absolute Gasteiger partial charge is 0.248 e. The highest BCUT2D eigenvalue weighted by atomic mass is 35.5. The molecule has 0 unspecified atom stereocenters. The molecular weight excluding hydrogens is 322 g/mol. The van der Waals surface area contributed by atoms with Gasteiger partial charge in [-0.2, -0.15) is 0 Å². The van der Waals surface area contributed by atoms with E-state index in [0.29, 0.717) is 16.5 Å². The molecule has 2 rings (SSSR count). The van der Waals surface area contributed by atoms with Gasteiger partial charge in [-0.1, -0.05) is 56.6 Å². The van der Waals surface area contributed by atoms with Gasteiger partial charge in [-0.25, -0.2) is 0 Å². The van der Waals surface area contributed by atoms with Gasteiger partial charge in [0, 0.05) is 11.1 Å². The minimum Gasteiger partial charge on any atom is -0.495 e. The first-order valence-corrected chi connectivity index (χ1v) is 8.10. The van der Waals surface area contributed by atoms with Gasteiger partial charge < -0.3 is 10.1 Å². The summed E-state index contributed by atoms with van der Waals surface area (Å²) < 4.78 is 5.21. The third-order valence-electron chi connectivity index (χ3n) is 3.62. The Balaban J connectivity index is 2.07. The highest BCUT2D eigenvalue weighted by Crippen LogP contribution is 2.27. The highest BCUT2D eigenvalue weighted by Gasteiger charge is 2.12. The Labute approximate surface area is 148 Å². The lowest BCUT2D eigenvalue weighted by atomic mass is 9.87. The molecule has 0 aliphatic rings. The van der Waals surface area contributed by atoms with Crippen LogP contribution in [0.25, 0.3) is 6.08 Å². The molecule has 0 spiro atoms. The lowest BCUT2D eigenvalue weighted by Gasteiger charge is -2.18. The molecule has 2 aromatic carbocycles. The van der Waals surface area contributed by atoms with Gasteiger partial charge in [0.25, 0.3) is 0 Å². The van der Waals surface area contributed by atoms with Crippen molar-refractivity contribution in [3.63, 3.8) is 0 Å². The van der Waals surface area contributed by atoms with Crippen LogP contribution in [-0.2, 0) is 10.2 Å². The van der Waals surface area contributed by atoms with E-state index in [1.807, 2.05) is 12.1 Å². The number of amides is 1.